The van der Waals surface area contributed by atoms with Crippen LogP contribution in [0.5, 0.6) is 0 Å². The van der Waals surface area contributed by atoms with E-state index in [0.29, 0.717) is 23.8 Å². The van der Waals surface area contributed by atoms with Gasteiger partial charge in [0, 0.05) is 43.1 Å². The summed E-state index contributed by atoms with van der Waals surface area (Å²) in [6, 6.07) is 10.1. The average Bonchev–Trinajstić information content (AvgIpc) is 2.72. The lowest BCUT2D eigenvalue weighted by atomic mass is 10.2. The van der Waals surface area contributed by atoms with Crippen molar-refractivity contribution in [2.24, 2.45) is 0 Å². The van der Waals surface area contributed by atoms with Crippen LogP contribution in [-0.4, -0.2) is 64.6 Å². The molecule has 0 atom stereocenters. The number of hydrogen-bond donors (Lipinski definition) is 1. The quantitative estimate of drug-likeness (QED) is 0.831. The molecule has 148 valence electrons. The van der Waals surface area contributed by atoms with Gasteiger partial charge in [0.2, 0.25) is 0 Å². The van der Waals surface area contributed by atoms with Crippen LogP contribution in [-0.2, 0) is 6.54 Å². The molecular formula is C20H23ClN4O3. The minimum atomic E-state index is -1.03. The summed E-state index contributed by atoms with van der Waals surface area (Å²) < 4.78 is 0. The van der Waals surface area contributed by atoms with E-state index in [0.717, 1.165) is 25.3 Å². The smallest absolute Gasteiger partial charge is 0.337 e. The second kappa shape index (κ2) is 9.03. The number of hydrogen-bond acceptors (Lipinski definition) is 4. The summed E-state index contributed by atoms with van der Waals surface area (Å²) in [7, 11) is 0. The van der Waals surface area contributed by atoms with Gasteiger partial charge in [-0.3, -0.25) is 9.88 Å². The van der Waals surface area contributed by atoms with Crippen molar-refractivity contribution in [3.8, 4) is 0 Å². The zero-order chi connectivity index (χ0) is 20.1. The molecule has 7 nitrogen and oxygen atoms in total. The number of pyridine rings is 1. The van der Waals surface area contributed by atoms with Crippen LogP contribution in [0.15, 0.2) is 42.6 Å². The molecule has 8 heteroatoms. The Morgan fingerprint density at radius 2 is 1.79 bits per heavy atom. The fourth-order valence-electron chi connectivity index (χ4n) is 3.12. The molecule has 1 aromatic carbocycles. The Balaban J connectivity index is 1.81. The van der Waals surface area contributed by atoms with Crippen molar-refractivity contribution in [2.75, 3.05) is 37.6 Å². The number of benzene rings is 1. The van der Waals surface area contributed by atoms with Crippen molar-refractivity contribution in [1.82, 2.24) is 14.8 Å². The first kappa shape index (κ1) is 20.1. The van der Waals surface area contributed by atoms with Crippen molar-refractivity contribution in [3.63, 3.8) is 0 Å². The molecule has 2 amide bonds. The Kier molecular flexibility index (Phi) is 6.49. The van der Waals surface area contributed by atoms with E-state index in [9.17, 15) is 9.59 Å². The maximum Gasteiger partial charge on any atom is 0.337 e. The van der Waals surface area contributed by atoms with Crippen molar-refractivity contribution < 1.29 is 14.7 Å². The van der Waals surface area contributed by atoms with E-state index in [4.69, 9.17) is 16.7 Å². The third kappa shape index (κ3) is 4.79. The van der Waals surface area contributed by atoms with Gasteiger partial charge in [-0.1, -0.05) is 18.5 Å². The summed E-state index contributed by atoms with van der Waals surface area (Å²) in [5, 5.41) is 9.63. The summed E-state index contributed by atoms with van der Waals surface area (Å²) in [5.41, 5.74) is 1.45. The minimum Gasteiger partial charge on any atom is -0.478 e. The van der Waals surface area contributed by atoms with Gasteiger partial charge in [0.15, 0.2) is 0 Å². The third-order valence-electron chi connectivity index (χ3n) is 4.85. The molecule has 1 N–H and O–H groups in total. The van der Waals surface area contributed by atoms with Gasteiger partial charge < -0.3 is 14.9 Å². The fraction of sp³-hybridized carbons (Fsp3) is 0.350. The van der Waals surface area contributed by atoms with Gasteiger partial charge in [0.25, 0.3) is 0 Å². The Bertz CT molecular complexity index is 818. The molecule has 1 saturated heterocycles. The average molecular weight is 403 g/mol. The number of halogens is 1. The number of aromatic carboxylic acids is 1. The second-order valence-corrected chi connectivity index (χ2v) is 7.05. The van der Waals surface area contributed by atoms with Crippen molar-refractivity contribution in [1.29, 1.82) is 0 Å². The predicted octanol–water partition coefficient (Wildman–Crippen LogP) is 3.20. The summed E-state index contributed by atoms with van der Waals surface area (Å²) >= 11 is 6.00. The van der Waals surface area contributed by atoms with E-state index < -0.39 is 5.97 Å². The monoisotopic (exact) mass is 402 g/mol. The van der Waals surface area contributed by atoms with E-state index in [1.165, 1.54) is 12.3 Å². The van der Waals surface area contributed by atoms with Crippen LogP contribution in [0.2, 0.25) is 5.02 Å². The lowest BCUT2D eigenvalue weighted by Crippen LogP contribution is -2.52. The highest BCUT2D eigenvalue weighted by atomic mass is 35.5. The molecule has 2 heterocycles. The minimum absolute atomic E-state index is 0.0952. The molecule has 0 bridgehead atoms. The predicted molar refractivity (Wildman–Crippen MR) is 108 cm³/mol. The number of rotatable bonds is 5. The van der Waals surface area contributed by atoms with Gasteiger partial charge >= 0.3 is 12.0 Å². The van der Waals surface area contributed by atoms with Gasteiger partial charge in [0.05, 0.1) is 17.8 Å². The molecule has 28 heavy (non-hydrogen) atoms. The number of carbonyl (C=O) groups is 2. The normalized spacial score (nSPS) is 14.7. The van der Waals surface area contributed by atoms with Crippen molar-refractivity contribution in [2.45, 2.75) is 13.5 Å². The molecule has 0 radical (unpaired) electrons. The first-order valence-electron chi connectivity index (χ1n) is 9.20. The number of urea groups is 1. The lowest BCUT2D eigenvalue weighted by molar-refractivity contribution is 0.0696. The highest BCUT2D eigenvalue weighted by molar-refractivity contribution is 6.30. The summed E-state index contributed by atoms with van der Waals surface area (Å²) in [6.07, 6.45) is 1.31. The number of amides is 2. The molecule has 0 aliphatic carbocycles. The van der Waals surface area contributed by atoms with E-state index in [-0.39, 0.29) is 18.1 Å². The Labute approximate surface area is 169 Å². The molecule has 2 aromatic rings. The highest BCUT2D eigenvalue weighted by Crippen LogP contribution is 2.22. The van der Waals surface area contributed by atoms with Crippen LogP contribution in [0.4, 0.5) is 10.5 Å². The fourth-order valence-corrected chi connectivity index (χ4v) is 3.25. The summed E-state index contributed by atoms with van der Waals surface area (Å²) in [5.74, 6) is -1.03. The topological polar surface area (TPSA) is 77.0 Å². The molecule has 0 unspecified atom stereocenters. The maximum absolute atomic E-state index is 13.2. The molecule has 1 aliphatic rings. The Morgan fingerprint density at radius 3 is 2.32 bits per heavy atom. The molecule has 1 aromatic heterocycles. The van der Waals surface area contributed by atoms with Gasteiger partial charge in [0.1, 0.15) is 0 Å². The first-order valence-corrected chi connectivity index (χ1v) is 9.58. The van der Waals surface area contributed by atoms with Crippen LogP contribution in [0.25, 0.3) is 0 Å². The molecule has 3 rings (SSSR count). The molecule has 1 aliphatic heterocycles. The van der Waals surface area contributed by atoms with E-state index >= 15 is 0 Å². The van der Waals surface area contributed by atoms with Gasteiger partial charge in [-0.2, -0.15) is 0 Å². The lowest BCUT2D eigenvalue weighted by Gasteiger charge is -2.37. The van der Waals surface area contributed by atoms with E-state index in [1.54, 1.807) is 35.2 Å². The number of carboxylic acids is 1. The number of nitrogens with zero attached hydrogens (tertiary/aromatic N) is 4. The highest BCUT2D eigenvalue weighted by Gasteiger charge is 2.26. The van der Waals surface area contributed by atoms with Gasteiger partial charge in [-0.25, -0.2) is 9.59 Å². The van der Waals surface area contributed by atoms with Crippen LogP contribution in [0.3, 0.4) is 0 Å². The van der Waals surface area contributed by atoms with Gasteiger partial charge in [-0.15, -0.1) is 0 Å². The molecular weight excluding hydrogens is 380 g/mol. The zero-order valence-corrected chi connectivity index (χ0v) is 16.5. The SMILES string of the molecule is CCN1CCN(C(=O)N(Cc2ccc(C(=O)O)cn2)c2ccc(Cl)cc2)CC1. The number of carboxylic acid groups (broad SMARTS) is 1. The third-order valence-corrected chi connectivity index (χ3v) is 5.10. The standard InChI is InChI=1S/C20H23ClN4O3/c1-2-23-9-11-24(12-10-23)20(28)25(18-7-4-16(21)5-8-18)14-17-6-3-15(13-22-17)19(26)27/h3-8,13H,2,9-12,14H2,1H3,(H,26,27). The maximum atomic E-state index is 13.2. The van der Waals surface area contributed by atoms with Crippen LogP contribution < -0.4 is 4.90 Å². The zero-order valence-electron chi connectivity index (χ0n) is 15.7. The number of carbonyl (C=O) groups excluding carboxylic acids is 1. The van der Waals surface area contributed by atoms with Crippen LogP contribution >= 0.6 is 11.6 Å². The van der Waals surface area contributed by atoms with Gasteiger partial charge in [-0.05, 0) is 42.9 Å². The Hall–Kier alpha value is -2.64. The van der Waals surface area contributed by atoms with Crippen LogP contribution in [0.1, 0.15) is 23.0 Å². The number of likely N-dealkylation sites (N-methyl/N-ethyl adjacent to an activating group) is 1. The summed E-state index contributed by atoms with van der Waals surface area (Å²) in [4.78, 5) is 34.3. The first-order chi connectivity index (χ1) is 13.5. The summed E-state index contributed by atoms with van der Waals surface area (Å²) in [6.45, 7) is 6.37. The van der Waals surface area contributed by atoms with E-state index in [1.807, 2.05) is 4.90 Å². The largest absolute Gasteiger partial charge is 0.478 e. The number of piperazine rings is 1. The number of aromatic nitrogens is 1. The van der Waals surface area contributed by atoms with Crippen molar-refractivity contribution in [3.05, 3.63) is 58.9 Å². The number of anilines is 1. The second-order valence-electron chi connectivity index (χ2n) is 6.61. The van der Waals surface area contributed by atoms with Crippen LogP contribution in [0, 0.1) is 0 Å². The molecule has 1 fully saturated rings. The Morgan fingerprint density at radius 1 is 1.11 bits per heavy atom. The van der Waals surface area contributed by atoms with Crippen molar-refractivity contribution >= 4 is 29.3 Å². The molecule has 0 spiro atoms. The molecule has 0 saturated carbocycles. The van der Waals surface area contributed by atoms with E-state index in [2.05, 4.69) is 16.8 Å².